The van der Waals surface area contributed by atoms with Crippen LogP contribution in [0.25, 0.3) is 0 Å². The predicted molar refractivity (Wildman–Crippen MR) is 85.8 cm³/mol. The van der Waals surface area contributed by atoms with E-state index >= 15 is 0 Å². The van der Waals surface area contributed by atoms with Gasteiger partial charge in [-0.15, -0.1) is 0 Å². The lowest BCUT2D eigenvalue weighted by Gasteiger charge is -2.10. The first-order chi connectivity index (χ1) is 10.1. The van der Waals surface area contributed by atoms with E-state index in [0.717, 1.165) is 5.56 Å². The van der Waals surface area contributed by atoms with Gasteiger partial charge in [0.25, 0.3) is 0 Å². The molecule has 0 atom stereocenters. The molecule has 0 aliphatic rings. The normalized spacial score (nSPS) is 10.2. The van der Waals surface area contributed by atoms with Crippen molar-refractivity contribution in [2.45, 2.75) is 13.3 Å². The molecule has 0 aliphatic heterocycles. The van der Waals surface area contributed by atoms with Crippen LogP contribution < -0.4 is 15.8 Å². The summed E-state index contributed by atoms with van der Waals surface area (Å²) >= 11 is 5.91. The first-order valence-corrected chi connectivity index (χ1v) is 6.97. The maximum atomic E-state index is 11.9. The highest BCUT2D eigenvalue weighted by Gasteiger charge is 2.06. The van der Waals surface area contributed by atoms with Gasteiger partial charge < -0.3 is 15.8 Å². The van der Waals surface area contributed by atoms with Gasteiger partial charge in [0.15, 0.2) is 0 Å². The summed E-state index contributed by atoms with van der Waals surface area (Å²) in [6.07, 6.45) is 0.236. The van der Waals surface area contributed by atoms with Crippen LogP contribution in [0.15, 0.2) is 42.5 Å². The van der Waals surface area contributed by atoms with Gasteiger partial charge >= 0.3 is 0 Å². The summed E-state index contributed by atoms with van der Waals surface area (Å²) in [6.45, 7) is 2.17. The number of halogens is 1. The fourth-order valence-electron chi connectivity index (χ4n) is 1.81. The summed E-state index contributed by atoms with van der Waals surface area (Å²) in [5.74, 6) is 0.458. The number of rotatable bonds is 5. The van der Waals surface area contributed by atoms with Crippen LogP contribution in [0.4, 0.5) is 11.4 Å². The smallest absolute Gasteiger partial charge is 0.227 e. The minimum absolute atomic E-state index is 0.130. The summed E-state index contributed by atoms with van der Waals surface area (Å²) in [4.78, 5) is 11.9. The monoisotopic (exact) mass is 304 g/mol. The van der Waals surface area contributed by atoms with E-state index in [4.69, 9.17) is 22.1 Å². The molecule has 0 radical (unpaired) electrons. The average molecular weight is 305 g/mol. The van der Waals surface area contributed by atoms with E-state index in [1.165, 1.54) is 0 Å². The lowest BCUT2D eigenvalue weighted by Crippen LogP contribution is -2.16. The average Bonchev–Trinajstić information content (AvgIpc) is 2.45. The molecule has 4 nitrogen and oxygen atoms in total. The summed E-state index contributed by atoms with van der Waals surface area (Å²) in [5, 5.41) is 3.40. The maximum absolute atomic E-state index is 11.9. The second-order valence-electron chi connectivity index (χ2n) is 4.64. The van der Waals surface area contributed by atoms with Crippen molar-refractivity contribution in [2.75, 3.05) is 17.7 Å². The van der Waals surface area contributed by atoms with Gasteiger partial charge in [0.05, 0.1) is 18.7 Å². The number of nitrogens with one attached hydrogen (secondary N) is 1. The van der Waals surface area contributed by atoms with E-state index in [0.29, 0.717) is 22.1 Å². The van der Waals surface area contributed by atoms with Crippen LogP contribution in [0.5, 0.6) is 5.75 Å². The minimum atomic E-state index is -0.130. The Balaban J connectivity index is 1.85. The van der Waals surface area contributed by atoms with Gasteiger partial charge in [-0.2, -0.15) is 0 Å². The molecular formula is C16H17ClN2O2. The van der Waals surface area contributed by atoms with E-state index in [1.54, 1.807) is 24.3 Å². The highest BCUT2D eigenvalue weighted by atomic mass is 35.5. The fourth-order valence-corrected chi connectivity index (χ4v) is 1.98. The number of ether oxygens (including phenoxy) is 1. The van der Waals surface area contributed by atoms with E-state index < -0.39 is 0 Å². The molecule has 0 bridgehead atoms. The molecule has 2 rings (SSSR count). The van der Waals surface area contributed by atoms with Crippen molar-refractivity contribution in [1.82, 2.24) is 0 Å². The molecule has 0 fully saturated rings. The van der Waals surface area contributed by atoms with Crippen LogP contribution in [-0.2, 0) is 4.79 Å². The molecule has 0 aliphatic carbocycles. The first kappa shape index (κ1) is 15.2. The molecule has 0 aromatic heterocycles. The third-order valence-electron chi connectivity index (χ3n) is 2.98. The van der Waals surface area contributed by atoms with E-state index in [2.05, 4.69) is 5.32 Å². The Morgan fingerprint density at radius 3 is 2.81 bits per heavy atom. The number of nitrogens with two attached hydrogens (primary N) is 1. The molecule has 5 heteroatoms. The number of benzene rings is 2. The quantitative estimate of drug-likeness (QED) is 0.829. The number of nitrogen functional groups attached to an aromatic ring is 1. The van der Waals surface area contributed by atoms with Crippen molar-refractivity contribution in [2.24, 2.45) is 0 Å². The number of para-hydroxylation sites is 2. The fraction of sp³-hybridized carbons (Fsp3) is 0.188. The van der Waals surface area contributed by atoms with Crippen LogP contribution >= 0.6 is 11.6 Å². The van der Waals surface area contributed by atoms with E-state index in [1.807, 2.05) is 25.1 Å². The highest BCUT2D eigenvalue weighted by molar-refractivity contribution is 6.31. The van der Waals surface area contributed by atoms with Gasteiger partial charge in [0.2, 0.25) is 5.91 Å². The second kappa shape index (κ2) is 6.99. The molecule has 21 heavy (non-hydrogen) atoms. The minimum Gasteiger partial charge on any atom is -0.491 e. The summed E-state index contributed by atoms with van der Waals surface area (Å²) in [7, 11) is 0. The Hall–Kier alpha value is -2.20. The number of carbonyl (C=O) groups excluding carboxylic acids is 1. The van der Waals surface area contributed by atoms with Crippen molar-refractivity contribution in [3.05, 3.63) is 53.1 Å². The van der Waals surface area contributed by atoms with Gasteiger partial charge in [-0.1, -0.05) is 29.8 Å². The molecule has 0 spiro atoms. The Morgan fingerprint density at radius 1 is 1.29 bits per heavy atom. The molecule has 2 aromatic rings. The lowest BCUT2D eigenvalue weighted by molar-refractivity contribution is -0.116. The van der Waals surface area contributed by atoms with Crippen LogP contribution in [-0.4, -0.2) is 12.5 Å². The number of hydrogen-bond acceptors (Lipinski definition) is 3. The molecule has 0 saturated heterocycles. The van der Waals surface area contributed by atoms with E-state index in [-0.39, 0.29) is 18.9 Å². The van der Waals surface area contributed by atoms with Crippen LogP contribution in [0.2, 0.25) is 5.02 Å². The Morgan fingerprint density at radius 2 is 2.05 bits per heavy atom. The molecule has 3 N–H and O–H groups in total. The van der Waals surface area contributed by atoms with Gasteiger partial charge in [0, 0.05) is 10.7 Å². The predicted octanol–water partition coefficient (Wildman–Crippen LogP) is 3.64. The Bertz CT molecular complexity index is 644. The largest absolute Gasteiger partial charge is 0.491 e. The summed E-state index contributed by atoms with van der Waals surface area (Å²) in [5.41, 5.74) is 7.99. The maximum Gasteiger partial charge on any atom is 0.227 e. The zero-order valence-corrected chi connectivity index (χ0v) is 12.5. The number of aryl methyl sites for hydroxylation is 1. The van der Waals surface area contributed by atoms with Crippen LogP contribution in [0, 0.1) is 6.92 Å². The standard InChI is InChI=1S/C16H17ClN2O2/c1-11-6-7-12(17)10-14(11)19-16(20)8-9-21-15-5-3-2-4-13(15)18/h2-7,10H,8-9,18H2,1H3,(H,19,20). The Kier molecular flexibility index (Phi) is 5.06. The van der Waals surface area contributed by atoms with Crippen LogP contribution in [0.3, 0.4) is 0 Å². The SMILES string of the molecule is Cc1ccc(Cl)cc1NC(=O)CCOc1ccccc1N. The van der Waals surface area contributed by atoms with Crippen molar-refractivity contribution in [3.63, 3.8) is 0 Å². The topological polar surface area (TPSA) is 64.3 Å². The van der Waals surface area contributed by atoms with Gasteiger partial charge in [-0.3, -0.25) is 4.79 Å². The third kappa shape index (κ3) is 4.39. The third-order valence-corrected chi connectivity index (χ3v) is 3.21. The molecule has 2 aromatic carbocycles. The second-order valence-corrected chi connectivity index (χ2v) is 5.08. The van der Waals surface area contributed by atoms with E-state index in [9.17, 15) is 4.79 Å². The highest BCUT2D eigenvalue weighted by Crippen LogP contribution is 2.21. The van der Waals surface area contributed by atoms with Crippen LogP contribution in [0.1, 0.15) is 12.0 Å². The molecule has 0 saturated carbocycles. The molecule has 110 valence electrons. The summed E-state index contributed by atoms with van der Waals surface area (Å²) in [6, 6.07) is 12.6. The first-order valence-electron chi connectivity index (χ1n) is 6.59. The van der Waals surface area contributed by atoms with Gasteiger partial charge in [0.1, 0.15) is 5.75 Å². The van der Waals surface area contributed by atoms with Crippen molar-refractivity contribution >= 4 is 28.9 Å². The number of anilines is 2. The molecule has 0 unspecified atom stereocenters. The summed E-state index contributed by atoms with van der Waals surface area (Å²) < 4.78 is 5.49. The van der Waals surface area contributed by atoms with Gasteiger partial charge in [-0.05, 0) is 36.8 Å². The zero-order chi connectivity index (χ0) is 15.2. The number of hydrogen-bond donors (Lipinski definition) is 2. The van der Waals surface area contributed by atoms with Crippen molar-refractivity contribution in [3.8, 4) is 5.75 Å². The van der Waals surface area contributed by atoms with Crippen molar-refractivity contribution in [1.29, 1.82) is 0 Å². The Labute approximate surface area is 128 Å². The van der Waals surface area contributed by atoms with Gasteiger partial charge in [-0.25, -0.2) is 0 Å². The molecule has 0 heterocycles. The number of amides is 1. The molecule has 1 amide bonds. The number of carbonyl (C=O) groups is 1. The zero-order valence-electron chi connectivity index (χ0n) is 11.7. The lowest BCUT2D eigenvalue weighted by atomic mass is 10.2. The van der Waals surface area contributed by atoms with Crippen molar-refractivity contribution < 1.29 is 9.53 Å². The molecular weight excluding hydrogens is 288 g/mol.